The Morgan fingerprint density at radius 2 is 1.63 bits per heavy atom. The van der Waals surface area contributed by atoms with Crippen LogP contribution in [0.25, 0.3) is 0 Å². The first kappa shape index (κ1) is 17.8. The molecule has 1 unspecified atom stereocenters. The highest BCUT2D eigenvalue weighted by Crippen LogP contribution is 2.34. The van der Waals surface area contributed by atoms with Gasteiger partial charge in [-0.1, -0.05) is 29.3 Å². The van der Waals surface area contributed by atoms with Crippen LogP contribution in [-0.2, 0) is 4.79 Å². The number of benzene rings is 2. The van der Waals surface area contributed by atoms with Gasteiger partial charge in [0.05, 0.1) is 6.04 Å². The van der Waals surface area contributed by atoms with Crippen LogP contribution in [0, 0.1) is 19.8 Å². The molecule has 27 heavy (non-hydrogen) atoms. The van der Waals surface area contributed by atoms with Gasteiger partial charge in [0.2, 0.25) is 5.91 Å². The summed E-state index contributed by atoms with van der Waals surface area (Å²) >= 11 is 0. The Morgan fingerprint density at radius 3 is 2.26 bits per heavy atom. The standard InChI is InChI=1S/C23H26N2O2/c1-15-12-16(2)14-19(13-15)21-4-3-11-25(21)23(27)18-7-9-20(10-8-18)24-22(26)17-5-6-17/h7-10,12-14,17,21H,3-6,11H2,1-2H3,(H,24,26). The molecule has 4 heteroatoms. The van der Waals surface area contributed by atoms with Gasteiger partial charge in [-0.15, -0.1) is 0 Å². The number of anilines is 1. The van der Waals surface area contributed by atoms with Gasteiger partial charge < -0.3 is 10.2 Å². The van der Waals surface area contributed by atoms with Gasteiger partial charge in [-0.25, -0.2) is 0 Å². The topological polar surface area (TPSA) is 49.4 Å². The lowest BCUT2D eigenvalue weighted by molar-refractivity contribution is -0.117. The summed E-state index contributed by atoms with van der Waals surface area (Å²) in [7, 11) is 0. The van der Waals surface area contributed by atoms with E-state index in [9.17, 15) is 9.59 Å². The number of amides is 2. The number of carbonyl (C=O) groups excluding carboxylic acids is 2. The Hall–Kier alpha value is -2.62. The molecule has 1 saturated carbocycles. The maximum Gasteiger partial charge on any atom is 0.254 e. The predicted molar refractivity (Wildman–Crippen MR) is 107 cm³/mol. The number of hydrogen-bond donors (Lipinski definition) is 1. The van der Waals surface area contributed by atoms with Crippen LogP contribution in [0.15, 0.2) is 42.5 Å². The zero-order valence-corrected chi connectivity index (χ0v) is 16.0. The Kier molecular flexibility index (Phi) is 4.73. The summed E-state index contributed by atoms with van der Waals surface area (Å²) < 4.78 is 0. The molecule has 1 saturated heterocycles. The molecule has 0 spiro atoms. The van der Waals surface area contributed by atoms with E-state index in [-0.39, 0.29) is 23.8 Å². The maximum atomic E-state index is 13.1. The second-order valence-corrected chi connectivity index (χ2v) is 7.92. The van der Waals surface area contributed by atoms with Gasteiger partial charge in [0.25, 0.3) is 5.91 Å². The second-order valence-electron chi connectivity index (χ2n) is 7.92. The SMILES string of the molecule is Cc1cc(C)cc(C2CCCN2C(=O)c2ccc(NC(=O)C3CC3)cc2)c1. The van der Waals surface area contributed by atoms with Crippen molar-refractivity contribution in [2.75, 3.05) is 11.9 Å². The average molecular weight is 362 g/mol. The maximum absolute atomic E-state index is 13.1. The molecule has 0 bridgehead atoms. The normalized spacial score (nSPS) is 19.2. The molecule has 2 aromatic rings. The van der Waals surface area contributed by atoms with E-state index in [0.717, 1.165) is 37.9 Å². The third-order valence-corrected chi connectivity index (χ3v) is 5.49. The van der Waals surface area contributed by atoms with Crippen LogP contribution < -0.4 is 5.32 Å². The molecule has 1 atom stereocenters. The minimum atomic E-state index is 0.0664. The molecule has 1 aliphatic carbocycles. The molecule has 1 heterocycles. The van der Waals surface area contributed by atoms with Gasteiger partial charge >= 0.3 is 0 Å². The van der Waals surface area contributed by atoms with Crippen molar-refractivity contribution >= 4 is 17.5 Å². The summed E-state index contributed by atoms with van der Waals surface area (Å²) in [5.74, 6) is 0.328. The first-order valence-electron chi connectivity index (χ1n) is 9.81. The fourth-order valence-corrected chi connectivity index (χ4v) is 4.01. The van der Waals surface area contributed by atoms with Gasteiger partial charge in [-0.05, 0) is 69.4 Å². The summed E-state index contributed by atoms with van der Waals surface area (Å²) in [6.07, 6.45) is 4.00. The number of aryl methyl sites for hydroxylation is 2. The predicted octanol–water partition coefficient (Wildman–Crippen LogP) is 4.63. The quantitative estimate of drug-likeness (QED) is 0.862. The lowest BCUT2D eigenvalue weighted by Crippen LogP contribution is -2.30. The average Bonchev–Trinajstić information content (AvgIpc) is 3.38. The van der Waals surface area contributed by atoms with Crippen LogP contribution in [0.3, 0.4) is 0 Å². The Balaban J connectivity index is 1.49. The molecule has 1 N–H and O–H groups in total. The van der Waals surface area contributed by atoms with E-state index >= 15 is 0 Å². The van der Waals surface area contributed by atoms with Gasteiger partial charge in [0.1, 0.15) is 0 Å². The Bertz CT molecular complexity index is 848. The summed E-state index contributed by atoms with van der Waals surface area (Å²) in [5, 5.41) is 2.92. The molecule has 2 aromatic carbocycles. The molecule has 2 aliphatic rings. The molecule has 0 aromatic heterocycles. The van der Waals surface area contributed by atoms with E-state index in [1.54, 1.807) is 0 Å². The van der Waals surface area contributed by atoms with Gasteiger partial charge in [-0.2, -0.15) is 0 Å². The van der Waals surface area contributed by atoms with E-state index in [4.69, 9.17) is 0 Å². The molecular weight excluding hydrogens is 336 g/mol. The van der Waals surface area contributed by atoms with Gasteiger partial charge in [0, 0.05) is 23.7 Å². The first-order valence-corrected chi connectivity index (χ1v) is 9.81. The third kappa shape index (κ3) is 3.90. The Labute approximate surface area is 160 Å². The summed E-state index contributed by atoms with van der Waals surface area (Å²) in [4.78, 5) is 27.0. The fraction of sp³-hybridized carbons (Fsp3) is 0.391. The first-order chi connectivity index (χ1) is 13.0. The molecule has 140 valence electrons. The highest BCUT2D eigenvalue weighted by Gasteiger charge is 2.31. The van der Waals surface area contributed by atoms with Crippen molar-refractivity contribution in [3.8, 4) is 0 Å². The molecule has 4 nitrogen and oxygen atoms in total. The van der Waals surface area contributed by atoms with Crippen molar-refractivity contribution in [2.24, 2.45) is 5.92 Å². The van der Waals surface area contributed by atoms with Crippen molar-refractivity contribution in [1.82, 2.24) is 4.90 Å². The van der Waals surface area contributed by atoms with Gasteiger partial charge in [0.15, 0.2) is 0 Å². The van der Waals surface area contributed by atoms with Crippen molar-refractivity contribution in [3.63, 3.8) is 0 Å². The van der Waals surface area contributed by atoms with Crippen LogP contribution in [0.4, 0.5) is 5.69 Å². The van der Waals surface area contributed by atoms with Crippen molar-refractivity contribution in [3.05, 3.63) is 64.7 Å². The van der Waals surface area contributed by atoms with Gasteiger partial charge in [-0.3, -0.25) is 9.59 Å². The van der Waals surface area contributed by atoms with Crippen LogP contribution >= 0.6 is 0 Å². The smallest absolute Gasteiger partial charge is 0.254 e. The molecule has 1 aliphatic heterocycles. The third-order valence-electron chi connectivity index (χ3n) is 5.49. The Morgan fingerprint density at radius 1 is 0.963 bits per heavy atom. The van der Waals surface area contributed by atoms with Crippen molar-refractivity contribution in [2.45, 2.75) is 45.6 Å². The monoisotopic (exact) mass is 362 g/mol. The zero-order valence-electron chi connectivity index (χ0n) is 16.0. The lowest BCUT2D eigenvalue weighted by Gasteiger charge is -2.26. The van der Waals surface area contributed by atoms with E-state index in [1.807, 2.05) is 29.2 Å². The molecule has 4 rings (SSSR count). The number of likely N-dealkylation sites (tertiary alicyclic amines) is 1. The molecular formula is C23H26N2O2. The zero-order chi connectivity index (χ0) is 19.0. The van der Waals surface area contributed by atoms with E-state index in [2.05, 4.69) is 37.4 Å². The summed E-state index contributed by atoms with van der Waals surface area (Å²) in [6.45, 7) is 5.00. The van der Waals surface area contributed by atoms with Crippen molar-refractivity contribution < 1.29 is 9.59 Å². The number of rotatable bonds is 4. The molecule has 2 fully saturated rings. The van der Waals surface area contributed by atoms with E-state index < -0.39 is 0 Å². The minimum Gasteiger partial charge on any atom is -0.332 e. The number of hydrogen-bond acceptors (Lipinski definition) is 2. The van der Waals surface area contributed by atoms with Crippen LogP contribution in [0.2, 0.25) is 0 Å². The van der Waals surface area contributed by atoms with Crippen LogP contribution in [0.5, 0.6) is 0 Å². The lowest BCUT2D eigenvalue weighted by atomic mass is 9.99. The van der Waals surface area contributed by atoms with Crippen LogP contribution in [0.1, 0.15) is 58.8 Å². The van der Waals surface area contributed by atoms with Crippen molar-refractivity contribution in [1.29, 1.82) is 0 Å². The number of carbonyl (C=O) groups is 2. The minimum absolute atomic E-state index is 0.0664. The molecule has 0 radical (unpaired) electrons. The fourth-order valence-electron chi connectivity index (χ4n) is 4.01. The van der Waals surface area contributed by atoms with E-state index in [0.29, 0.717) is 5.56 Å². The molecule has 2 amide bonds. The van der Waals surface area contributed by atoms with E-state index in [1.165, 1.54) is 16.7 Å². The number of nitrogens with zero attached hydrogens (tertiary/aromatic N) is 1. The number of nitrogens with one attached hydrogen (secondary N) is 1. The largest absolute Gasteiger partial charge is 0.332 e. The second kappa shape index (κ2) is 7.18. The highest BCUT2D eigenvalue weighted by molar-refractivity contribution is 5.97. The highest BCUT2D eigenvalue weighted by atomic mass is 16.2. The summed E-state index contributed by atoms with van der Waals surface area (Å²) in [6, 6.07) is 14.0. The summed E-state index contributed by atoms with van der Waals surface area (Å²) in [5.41, 5.74) is 5.14. The van der Waals surface area contributed by atoms with Crippen LogP contribution in [-0.4, -0.2) is 23.3 Å².